The lowest BCUT2D eigenvalue weighted by Crippen LogP contribution is -2.38. The maximum atomic E-state index is 13.2. The minimum Gasteiger partial charge on any atom is -0.321 e. The van der Waals surface area contributed by atoms with Crippen LogP contribution in [-0.4, -0.2) is 47.0 Å². The smallest absolute Gasteiger partial charge is 0.321 e. The number of aromatic amines is 1. The highest BCUT2D eigenvalue weighted by atomic mass is 35.5. The molecule has 7 heteroatoms. The number of nitrogens with zero attached hydrogens (tertiary/aromatic N) is 2. The molecule has 33 heavy (non-hydrogen) atoms. The van der Waals surface area contributed by atoms with Gasteiger partial charge in [-0.3, -0.25) is 4.79 Å². The fraction of sp³-hybridized carbons (Fsp3) is 0.385. The van der Waals surface area contributed by atoms with Gasteiger partial charge in [-0.1, -0.05) is 43.1 Å². The third-order valence-corrected chi connectivity index (χ3v) is 6.13. The SMILES string of the molecule is CCN(CC)CCCN(Cc1cc2cc(C)cc(C)c2[nH]c1=O)C(=O)Nc1cccc(Cl)c1. The van der Waals surface area contributed by atoms with E-state index in [4.69, 9.17) is 11.6 Å². The highest BCUT2D eigenvalue weighted by molar-refractivity contribution is 6.30. The molecule has 0 radical (unpaired) electrons. The number of carbonyl (C=O) groups excluding carboxylic acids is 1. The number of anilines is 1. The van der Waals surface area contributed by atoms with Crippen LogP contribution in [0.2, 0.25) is 5.02 Å². The maximum absolute atomic E-state index is 13.2. The number of fused-ring (bicyclic) bond motifs is 1. The van der Waals surface area contributed by atoms with Gasteiger partial charge in [0.15, 0.2) is 0 Å². The minimum atomic E-state index is -0.253. The molecule has 0 spiro atoms. The first kappa shape index (κ1) is 24.8. The highest BCUT2D eigenvalue weighted by Crippen LogP contribution is 2.19. The highest BCUT2D eigenvalue weighted by Gasteiger charge is 2.17. The van der Waals surface area contributed by atoms with E-state index in [2.05, 4.69) is 41.2 Å². The predicted molar refractivity (Wildman–Crippen MR) is 137 cm³/mol. The fourth-order valence-corrected chi connectivity index (χ4v) is 4.29. The summed E-state index contributed by atoms with van der Waals surface area (Å²) < 4.78 is 0. The summed E-state index contributed by atoms with van der Waals surface area (Å²) in [7, 11) is 0. The lowest BCUT2D eigenvalue weighted by Gasteiger charge is -2.25. The minimum absolute atomic E-state index is 0.168. The van der Waals surface area contributed by atoms with Gasteiger partial charge >= 0.3 is 6.03 Å². The van der Waals surface area contributed by atoms with Crippen molar-refractivity contribution in [3.63, 3.8) is 0 Å². The molecule has 1 heterocycles. The van der Waals surface area contributed by atoms with Crippen LogP contribution < -0.4 is 10.9 Å². The van der Waals surface area contributed by atoms with E-state index in [1.807, 2.05) is 19.9 Å². The van der Waals surface area contributed by atoms with Gasteiger partial charge in [-0.2, -0.15) is 0 Å². The number of halogens is 1. The van der Waals surface area contributed by atoms with E-state index < -0.39 is 0 Å². The van der Waals surface area contributed by atoms with Gasteiger partial charge in [0.2, 0.25) is 0 Å². The summed E-state index contributed by atoms with van der Waals surface area (Å²) in [5.41, 5.74) is 4.03. The molecule has 1 aromatic heterocycles. The first-order chi connectivity index (χ1) is 15.8. The van der Waals surface area contributed by atoms with Crippen molar-refractivity contribution in [2.75, 3.05) is 31.5 Å². The predicted octanol–water partition coefficient (Wildman–Crippen LogP) is 5.56. The molecule has 0 saturated heterocycles. The van der Waals surface area contributed by atoms with Crippen molar-refractivity contribution < 1.29 is 4.79 Å². The van der Waals surface area contributed by atoms with E-state index in [0.717, 1.165) is 48.1 Å². The number of amides is 2. The monoisotopic (exact) mass is 468 g/mol. The standard InChI is InChI=1S/C26H33ClN4O2/c1-5-30(6-2)11-8-12-31(26(33)28-23-10-7-9-22(27)16-23)17-21-15-20-14-18(3)13-19(4)24(20)29-25(21)32/h7,9-10,13-16H,5-6,8,11-12,17H2,1-4H3,(H,28,33)(H,29,32). The van der Waals surface area contributed by atoms with Crippen molar-refractivity contribution in [3.8, 4) is 0 Å². The second-order valence-electron chi connectivity index (χ2n) is 8.41. The molecule has 176 valence electrons. The molecular weight excluding hydrogens is 436 g/mol. The van der Waals surface area contributed by atoms with Crippen molar-refractivity contribution in [2.24, 2.45) is 0 Å². The van der Waals surface area contributed by atoms with E-state index in [-0.39, 0.29) is 18.1 Å². The first-order valence-electron chi connectivity index (χ1n) is 11.5. The average Bonchev–Trinajstić information content (AvgIpc) is 2.77. The fourth-order valence-electron chi connectivity index (χ4n) is 4.10. The third-order valence-electron chi connectivity index (χ3n) is 5.89. The number of urea groups is 1. The van der Waals surface area contributed by atoms with Gasteiger partial charge in [0.05, 0.1) is 12.1 Å². The summed E-state index contributed by atoms with van der Waals surface area (Å²) in [6.07, 6.45) is 0.814. The molecule has 0 atom stereocenters. The summed E-state index contributed by atoms with van der Waals surface area (Å²) in [5.74, 6) is 0. The Morgan fingerprint density at radius 1 is 1.06 bits per heavy atom. The average molecular weight is 469 g/mol. The first-order valence-corrected chi connectivity index (χ1v) is 11.9. The summed E-state index contributed by atoms with van der Waals surface area (Å²) in [6.45, 7) is 11.9. The summed E-state index contributed by atoms with van der Waals surface area (Å²) in [4.78, 5) is 33.1. The zero-order valence-electron chi connectivity index (χ0n) is 19.9. The Labute approximate surface area is 200 Å². The van der Waals surface area contributed by atoms with Gasteiger partial charge in [-0.25, -0.2) is 4.79 Å². The largest absolute Gasteiger partial charge is 0.322 e. The molecule has 0 aliphatic rings. The van der Waals surface area contributed by atoms with Crippen LogP contribution in [0.1, 0.15) is 37.0 Å². The molecule has 2 N–H and O–H groups in total. The topological polar surface area (TPSA) is 68.4 Å². The Kier molecular flexibility index (Phi) is 8.53. The molecule has 6 nitrogen and oxygen atoms in total. The molecule has 0 aliphatic heterocycles. The van der Waals surface area contributed by atoms with Crippen LogP contribution in [0.15, 0.2) is 47.3 Å². The number of aromatic nitrogens is 1. The van der Waals surface area contributed by atoms with Crippen molar-refractivity contribution in [2.45, 2.75) is 40.7 Å². The van der Waals surface area contributed by atoms with E-state index >= 15 is 0 Å². The zero-order valence-corrected chi connectivity index (χ0v) is 20.6. The van der Waals surface area contributed by atoms with Crippen molar-refractivity contribution in [1.29, 1.82) is 0 Å². The Bertz CT molecular complexity index is 1170. The summed E-state index contributed by atoms with van der Waals surface area (Å²) in [5, 5.41) is 4.45. The number of nitrogens with one attached hydrogen (secondary N) is 2. The lowest BCUT2D eigenvalue weighted by atomic mass is 10.1. The number of rotatable bonds is 9. The molecule has 2 aromatic carbocycles. The molecule has 3 aromatic rings. The molecular formula is C26H33ClN4O2. The normalized spacial score (nSPS) is 11.2. The summed E-state index contributed by atoms with van der Waals surface area (Å²) >= 11 is 6.07. The van der Waals surface area contributed by atoms with Crippen LogP contribution in [0.5, 0.6) is 0 Å². The Morgan fingerprint density at radius 3 is 2.52 bits per heavy atom. The number of hydrogen-bond acceptors (Lipinski definition) is 3. The van der Waals surface area contributed by atoms with E-state index in [1.165, 1.54) is 0 Å². The maximum Gasteiger partial charge on any atom is 0.322 e. The molecule has 0 unspecified atom stereocenters. The molecule has 0 bridgehead atoms. The quantitative estimate of drug-likeness (QED) is 0.431. The second-order valence-corrected chi connectivity index (χ2v) is 8.85. The van der Waals surface area contributed by atoms with Crippen molar-refractivity contribution >= 4 is 34.2 Å². The molecule has 2 amide bonds. The van der Waals surface area contributed by atoms with Crippen LogP contribution >= 0.6 is 11.6 Å². The van der Waals surface area contributed by atoms with E-state index in [9.17, 15) is 9.59 Å². The van der Waals surface area contributed by atoms with Crippen LogP contribution in [0.4, 0.5) is 10.5 Å². The third kappa shape index (κ3) is 6.59. The van der Waals surface area contributed by atoms with E-state index in [0.29, 0.717) is 22.8 Å². The van der Waals surface area contributed by atoms with E-state index in [1.54, 1.807) is 29.2 Å². The Hall–Kier alpha value is -2.83. The van der Waals surface area contributed by atoms with Gasteiger partial charge < -0.3 is 20.1 Å². The Balaban J connectivity index is 1.85. The second kappa shape index (κ2) is 11.3. The molecule has 3 rings (SSSR count). The van der Waals surface area contributed by atoms with Crippen molar-refractivity contribution in [1.82, 2.24) is 14.8 Å². The number of H-pyrrole nitrogens is 1. The number of hydrogen-bond donors (Lipinski definition) is 2. The Morgan fingerprint density at radius 2 is 1.82 bits per heavy atom. The van der Waals surface area contributed by atoms with Crippen LogP contribution in [-0.2, 0) is 6.54 Å². The van der Waals surface area contributed by atoms with Gasteiger partial charge in [-0.05, 0) is 81.2 Å². The van der Waals surface area contributed by atoms with Gasteiger partial charge in [0, 0.05) is 22.8 Å². The van der Waals surface area contributed by atoms with Crippen LogP contribution in [0.25, 0.3) is 10.9 Å². The van der Waals surface area contributed by atoms with Crippen LogP contribution in [0.3, 0.4) is 0 Å². The number of pyridine rings is 1. The van der Waals surface area contributed by atoms with Crippen LogP contribution in [0, 0.1) is 13.8 Å². The van der Waals surface area contributed by atoms with Gasteiger partial charge in [0.25, 0.3) is 5.56 Å². The molecule has 0 fully saturated rings. The number of aryl methyl sites for hydroxylation is 2. The van der Waals surface area contributed by atoms with Gasteiger partial charge in [-0.15, -0.1) is 0 Å². The number of carbonyl (C=O) groups is 1. The zero-order chi connectivity index (χ0) is 24.0. The molecule has 0 saturated carbocycles. The van der Waals surface area contributed by atoms with Crippen molar-refractivity contribution in [3.05, 3.63) is 74.5 Å². The number of benzene rings is 2. The van der Waals surface area contributed by atoms with Gasteiger partial charge in [0.1, 0.15) is 0 Å². The summed E-state index contributed by atoms with van der Waals surface area (Å²) in [6, 6.07) is 12.8. The lowest BCUT2D eigenvalue weighted by molar-refractivity contribution is 0.202. The molecule has 0 aliphatic carbocycles.